The Hall–Kier alpha value is -1.20. The molecule has 0 saturated heterocycles. The van der Waals surface area contributed by atoms with E-state index in [-0.39, 0.29) is 11.5 Å². The molecule has 5 nitrogen and oxygen atoms in total. The number of aromatic nitrogens is 2. The van der Waals surface area contributed by atoms with Crippen LogP contribution in [0, 0.1) is 5.41 Å². The van der Waals surface area contributed by atoms with E-state index < -0.39 is 0 Å². The predicted octanol–water partition coefficient (Wildman–Crippen LogP) is 3.10. The van der Waals surface area contributed by atoms with Crippen molar-refractivity contribution in [1.29, 1.82) is 0 Å². The summed E-state index contributed by atoms with van der Waals surface area (Å²) in [5, 5.41) is 3.41. The third-order valence-electron chi connectivity index (χ3n) is 3.64. The summed E-state index contributed by atoms with van der Waals surface area (Å²) in [5.41, 5.74) is 2.15. The van der Waals surface area contributed by atoms with Gasteiger partial charge < -0.3 is 14.8 Å². The van der Waals surface area contributed by atoms with Gasteiger partial charge in [0.05, 0.1) is 18.9 Å². The molecule has 1 unspecified atom stereocenters. The maximum absolute atomic E-state index is 5.67. The molecule has 21 heavy (non-hydrogen) atoms. The van der Waals surface area contributed by atoms with E-state index in [0.29, 0.717) is 6.61 Å². The molecule has 2 heterocycles. The van der Waals surface area contributed by atoms with Crippen LogP contribution in [0.25, 0.3) is 0 Å². The van der Waals surface area contributed by atoms with Crippen LogP contribution in [0.3, 0.4) is 0 Å². The summed E-state index contributed by atoms with van der Waals surface area (Å²) >= 11 is 0. The molecule has 5 heteroatoms. The SMILES string of the molecule is CCCNc1nc(C(OC)C(C)(C)C)nc2c1COCC2. The second-order valence-corrected chi connectivity index (χ2v) is 6.57. The van der Waals surface area contributed by atoms with Gasteiger partial charge in [0, 0.05) is 25.6 Å². The molecule has 118 valence electrons. The lowest BCUT2D eigenvalue weighted by Gasteiger charge is -2.29. The van der Waals surface area contributed by atoms with E-state index in [1.54, 1.807) is 7.11 Å². The Morgan fingerprint density at radius 2 is 2.10 bits per heavy atom. The molecule has 0 aliphatic carbocycles. The van der Waals surface area contributed by atoms with Crippen molar-refractivity contribution in [2.24, 2.45) is 5.41 Å². The van der Waals surface area contributed by atoms with Crippen molar-refractivity contribution in [3.8, 4) is 0 Å². The van der Waals surface area contributed by atoms with Crippen molar-refractivity contribution < 1.29 is 9.47 Å². The molecule has 0 radical (unpaired) electrons. The van der Waals surface area contributed by atoms with Gasteiger partial charge in [-0.3, -0.25) is 0 Å². The molecule has 0 saturated carbocycles. The normalized spacial score (nSPS) is 16.4. The Balaban J connectivity index is 2.42. The summed E-state index contributed by atoms with van der Waals surface area (Å²) in [7, 11) is 1.72. The molecular weight excluding hydrogens is 266 g/mol. The molecule has 1 aliphatic heterocycles. The average Bonchev–Trinajstić information content (AvgIpc) is 2.44. The van der Waals surface area contributed by atoms with Crippen LogP contribution < -0.4 is 5.32 Å². The highest BCUT2D eigenvalue weighted by atomic mass is 16.5. The number of nitrogens with zero attached hydrogens (tertiary/aromatic N) is 2. The molecule has 1 aliphatic rings. The number of anilines is 1. The number of nitrogens with one attached hydrogen (secondary N) is 1. The highest BCUT2D eigenvalue weighted by Crippen LogP contribution is 2.35. The summed E-state index contributed by atoms with van der Waals surface area (Å²) in [6.45, 7) is 10.8. The lowest BCUT2D eigenvalue weighted by molar-refractivity contribution is 0.00820. The topological polar surface area (TPSA) is 56.3 Å². The molecule has 2 rings (SSSR count). The van der Waals surface area contributed by atoms with Gasteiger partial charge in [0.2, 0.25) is 0 Å². The van der Waals surface area contributed by atoms with Crippen LogP contribution in [0.5, 0.6) is 0 Å². The zero-order valence-electron chi connectivity index (χ0n) is 13.8. The van der Waals surface area contributed by atoms with Crippen molar-refractivity contribution in [2.75, 3.05) is 25.6 Å². The number of ether oxygens (including phenoxy) is 2. The summed E-state index contributed by atoms with van der Waals surface area (Å²) < 4.78 is 11.2. The third-order valence-corrected chi connectivity index (χ3v) is 3.64. The molecule has 1 atom stereocenters. The fourth-order valence-electron chi connectivity index (χ4n) is 2.60. The van der Waals surface area contributed by atoms with E-state index in [9.17, 15) is 0 Å². The molecular formula is C16H27N3O2. The van der Waals surface area contributed by atoms with E-state index in [0.717, 1.165) is 48.9 Å². The van der Waals surface area contributed by atoms with Crippen molar-refractivity contribution in [3.05, 3.63) is 17.1 Å². The van der Waals surface area contributed by atoms with Crippen LogP contribution in [0.2, 0.25) is 0 Å². The molecule has 1 N–H and O–H groups in total. The number of hydrogen-bond acceptors (Lipinski definition) is 5. The molecule has 1 aromatic rings. The molecule has 0 amide bonds. The quantitative estimate of drug-likeness (QED) is 0.904. The van der Waals surface area contributed by atoms with Crippen molar-refractivity contribution in [1.82, 2.24) is 9.97 Å². The second-order valence-electron chi connectivity index (χ2n) is 6.57. The second kappa shape index (κ2) is 6.71. The average molecular weight is 293 g/mol. The van der Waals surface area contributed by atoms with Crippen LogP contribution in [0.15, 0.2) is 0 Å². The van der Waals surface area contributed by atoms with Crippen LogP contribution in [0.1, 0.15) is 57.3 Å². The van der Waals surface area contributed by atoms with E-state index in [4.69, 9.17) is 19.4 Å². The van der Waals surface area contributed by atoms with Crippen molar-refractivity contribution in [3.63, 3.8) is 0 Å². The maximum atomic E-state index is 5.67. The van der Waals surface area contributed by atoms with Gasteiger partial charge in [0.25, 0.3) is 0 Å². The van der Waals surface area contributed by atoms with Gasteiger partial charge in [0.15, 0.2) is 5.82 Å². The van der Waals surface area contributed by atoms with Crippen LogP contribution in [0.4, 0.5) is 5.82 Å². The van der Waals surface area contributed by atoms with E-state index in [2.05, 4.69) is 33.0 Å². The minimum Gasteiger partial charge on any atom is -0.376 e. The van der Waals surface area contributed by atoms with Gasteiger partial charge in [-0.05, 0) is 11.8 Å². The molecule has 0 fully saturated rings. The monoisotopic (exact) mass is 293 g/mol. The highest BCUT2D eigenvalue weighted by molar-refractivity contribution is 5.47. The van der Waals surface area contributed by atoms with Gasteiger partial charge in [-0.15, -0.1) is 0 Å². The van der Waals surface area contributed by atoms with Gasteiger partial charge in [-0.2, -0.15) is 0 Å². The first-order chi connectivity index (χ1) is 9.97. The van der Waals surface area contributed by atoms with Gasteiger partial charge in [-0.25, -0.2) is 9.97 Å². The zero-order valence-corrected chi connectivity index (χ0v) is 13.8. The maximum Gasteiger partial charge on any atom is 0.160 e. The summed E-state index contributed by atoms with van der Waals surface area (Å²) in [4.78, 5) is 9.50. The number of methoxy groups -OCH3 is 1. The first kappa shape index (κ1) is 16.2. The van der Waals surface area contributed by atoms with E-state index in [1.807, 2.05) is 0 Å². The van der Waals surface area contributed by atoms with Crippen LogP contribution >= 0.6 is 0 Å². The Labute approximate surface area is 127 Å². The van der Waals surface area contributed by atoms with Crippen molar-refractivity contribution >= 4 is 5.82 Å². The van der Waals surface area contributed by atoms with Crippen LogP contribution in [-0.4, -0.2) is 30.2 Å². The summed E-state index contributed by atoms with van der Waals surface area (Å²) in [6.07, 6.45) is 1.78. The number of fused-ring (bicyclic) bond motifs is 1. The molecule has 0 bridgehead atoms. The zero-order chi connectivity index (χ0) is 15.5. The Morgan fingerprint density at radius 1 is 1.33 bits per heavy atom. The minimum atomic E-state index is -0.118. The van der Waals surface area contributed by atoms with Crippen molar-refractivity contribution in [2.45, 2.75) is 53.2 Å². The Kier molecular flexibility index (Phi) is 5.17. The predicted molar refractivity (Wildman–Crippen MR) is 83.4 cm³/mol. The van der Waals surface area contributed by atoms with Gasteiger partial charge in [0.1, 0.15) is 11.9 Å². The first-order valence-electron chi connectivity index (χ1n) is 7.71. The fraction of sp³-hybridized carbons (Fsp3) is 0.750. The standard InChI is InChI=1S/C16H27N3O2/c1-6-8-17-14-11-10-21-9-7-12(11)18-15(19-14)13(20-5)16(2,3)4/h13H,6-10H2,1-5H3,(H,17,18,19). The molecule has 0 aromatic carbocycles. The first-order valence-corrected chi connectivity index (χ1v) is 7.71. The number of rotatable bonds is 5. The van der Waals surface area contributed by atoms with Crippen LogP contribution in [-0.2, 0) is 22.5 Å². The summed E-state index contributed by atoms with van der Waals surface area (Å²) in [6, 6.07) is 0. The largest absolute Gasteiger partial charge is 0.376 e. The van der Waals surface area contributed by atoms with Gasteiger partial charge in [-0.1, -0.05) is 27.7 Å². The highest BCUT2D eigenvalue weighted by Gasteiger charge is 2.30. The molecule has 0 spiro atoms. The lowest BCUT2D eigenvalue weighted by Crippen LogP contribution is -2.25. The number of hydrogen-bond donors (Lipinski definition) is 1. The van der Waals surface area contributed by atoms with Gasteiger partial charge >= 0.3 is 0 Å². The van der Waals surface area contributed by atoms with E-state index in [1.165, 1.54) is 0 Å². The Morgan fingerprint density at radius 3 is 2.71 bits per heavy atom. The van der Waals surface area contributed by atoms with E-state index >= 15 is 0 Å². The summed E-state index contributed by atoms with van der Waals surface area (Å²) in [5.74, 6) is 1.67. The lowest BCUT2D eigenvalue weighted by atomic mass is 9.88. The smallest absolute Gasteiger partial charge is 0.160 e. The third kappa shape index (κ3) is 3.71. The fourth-order valence-corrected chi connectivity index (χ4v) is 2.60. The Bertz CT molecular complexity index is 483. The molecule has 1 aromatic heterocycles. The minimum absolute atomic E-state index is 0.0455.